The molecule has 0 unspecified atom stereocenters. The number of Topliss-reactive ketones (excluding diaryl/α,β-unsaturated/α-hetero) is 1. The van der Waals surface area contributed by atoms with Gasteiger partial charge in [-0.25, -0.2) is 0 Å². The van der Waals surface area contributed by atoms with E-state index in [-0.39, 0.29) is 11.2 Å². The van der Waals surface area contributed by atoms with Crippen LogP contribution >= 0.6 is 15.9 Å². The lowest BCUT2D eigenvalue weighted by molar-refractivity contribution is -0.118. The molecule has 1 aliphatic carbocycles. The van der Waals surface area contributed by atoms with Gasteiger partial charge in [0.2, 0.25) is 0 Å². The van der Waals surface area contributed by atoms with Gasteiger partial charge in [0, 0.05) is 27.9 Å². The molecule has 0 aromatic heterocycles. The first-order valence-corrected chi connectivity index (χ1v) is 10.8. The first-order chi connectivity index (χ1) is 14.2. The van der Waals surface area contributed by atoms with Gasteiger partial charge in [-0.15, -0.1) is 0 Å². The third-order valence-corrected chi connectivity index (χ3v) is 6.41. The normalized spacial score (nSPS) is 20.8. The number of aryl methyl sites for hydroxylation is 1. The Morgan fingerprint density at radius 1 is 1.10 bits per heavy atom. The van der Waals surface area contributed by atoms with E-state index in [1.165, 1.54) is 0 Å². The highest BCUT2D eigenvalue weighted by molar-refractivity contribution is 9.10. The molecular weight excluding hydrogens is 438 g/mol. The monoisotopic (exact) mass is 461 g/mol. The molecule has 2 aliphatic rings. The van der Waals surface area contributed by atoms with Gasteiger partial charge in [0.1, 0.15) is 5.82 Å². The fourth-order valence-electron chi connectivity index (χ4n) is 4.49. The van der Waals surface area contributed by atoms with Gasteiger partial charge in [-0.1, -0.05) is 59.6 Å². The summed E-state index contributed by atoms with van der Waals surface area (Å²) in [5, 5.41) is 10.1. The lowest BCUT2D eigenvalue weighted by Gasteiger charge is -2.43. The van der Waals surface area contributed by atoms with Crippen LogP contribution in [0.5, 0.6) is 0 Å². The summed E-state index contributed by atoms with van der Waals surface area (Å²) in [6.07, 6.45) is 1.17. The van der Waals surface area contributed by atoms with Crippen molar-refractivity contribution in [3.8, 4) is 6.07 Å². The topological polar surface area (TPSA) is 70.1 Å². The van der Waals surface area contributed by atoms with E-state index >= 15 is 0 Å². The zero-order valence-electron chi connectivity index (χ0n) is 17.4. The third-order valence-electron chi connectivity index (χ3n) is 5.88. The van der Waals surface area contributed by atoms with E-state index in [0.29, 0.717) is 29.8 Å². The highest BCUT2D eigenvalue weighted by Gasteiger charge is 2.44. The number of allylic oxidation sites excluding steroid dienone is 3. The predicted molar refractivity (Wildman–Crippen MR) is 122 cm³/mol. The Morgan fingerprint density at radius 2 is 1.73 bits per heavy atom. The van der Waals surface area contributed by atoms with Crippen LogP contribution in [0.2, 0.25) is 0 Å². The molecule has 0 spiro atoms. The number of halogens is 1. The van der Waals surface area contributed by atoms with E-state index < -0.39 is 5.92 Å². The smallest absolute Gasteiger partial charge is 0.162 e. The summed E-state index contributed by atoms with van der Waals surface area (Å²) in [5.74, 6) is 0.0495. The average Bonchev–Trinajstić information content (AvgIpc) is 2.68. The van der Waals surface area contributed by atoms with Crippen molar-refractivity contribution in [2.45, 2.75) is 39.5 Å². The summed E-state index contributed by atoms with van der Waals surface area (Å²) in [7, 11) is 0. The van der Waals surface area contributed by atoms with E-state index in [4.69, 9.17) is 5.73 Å². The number of carbonyl (C=O) groups is 1. The lowest BCUT2D eigenvalue weighted by atomic mass is 9.68. The minimum atomic E-state index is -0.441. The molecule has 4 rings (SSSR count). The molecule has 0 amide bonds. The molecule has 1 atom stereocenters. The number of hydrogen-bond donors (Lipinski definition) is 1. The summed E-state index contributed by atoms with van der Waals surface area (Å²) in [5.41, 5.74) is 11.4. The second-order valence-corrected chi connectivity index (χ2v) is 9.78. The van der Waals surface area contributed by atoms with Gasteiger partial charge in [0.05, 0.1) is 17.6 Å². The summed E-state index contributed by atoms with van der Waals surface area (Å²) in [6, 6.07) is 18.1. The number of carbonyl (C=O) groups excluding carboxylic acids is 1. The summed E-state index contributed by atoms with van der Waals surface area (Å²) >= 11 is 3.47. The van der Waals surface area contributed by atoms with E-state index in [1.807, 2.05) is 60.4 Å². The molecule has 0 bridgehead atoms. The fraction of sp³-hybridized carbons (Fsp3) is 0.280. The number of nitrogens with two attached hydrogens (primary N) is 1. The molecule has 1 heterocycles. The largest absolute Gasteiger partial charge is 0.384 e. The standard InChI is InChI=1S/C25H24BrN3O/c1-15-4-10-18(11-5-15)29-20-12-25(2,3)13-21(30)23(20)22(19(14-27)24(29)28)16-6-8-17(26)9-7-16/h4-11,22H,12-13,28H2,1-3H3/t22-/m1/s1. The molecular formula is C25H24BrN3O. The molecule has 2 N–H and O–H groups in total. The van der Waals surface area contributed by atoms with Crippen LogP contribution in [0.4, 0.5) is 5.69 Å². The molecule has 0 saturated carbocycles. The van der Waals surface area contributed by atoms with Crippen LogP contribution in [-0.2, 0) is 4.79 Å². The van der Waals surface area contributed by atoms with Crippen LogP contribution in [0.3, 0.4) is 0 Å². The summed E-state index contributed by atoms with van der Waals surface area (Å²) in [4.78, 5) is 15.3. The van der Waals surface area contributed by atoms with Crippen molar-refractivity contribution in [1.29, 1.82) is 5.26 Å². The SMILES string of the molecule is Cc1ccc(N2C(N)=C(C#N)[C@@H](c3ccc(Br)cc3)C3=C2CC(C)(C)CC3=O)cc1. The third kappa shape index (κ3) is 3.46. The highest BCUT2D eigenvalue weighted by Crippen LogP contribution is 2.50. The Kier molecular flexibility index (Phi) is 5.07. The van der Waals surface area contributed by atoms with E-state index in [2.05, 4.69) is 35.8 Å². The molecule has 0 fully saturated rings. The van der Waals surface area contributed by atoms with Crippen LogP contribution in [0.1, 0.15) is 43.7 Å². The molecule has 152 valence electrons. The Hall–Kier alpha value is -2.84. The van der Waals surface area contributed by atoms with Crippen molar-refractivity contribution in [2.24, 2.45) is 11.1 Å². The van der Waals surface area contributed by atoms with Gasteiger partial charge >= 0.3 is 0 Å². The van der Waals surface area contributed by atoms with Crippen LogP contribution in [-0.4, -0.2) is 5.78 Å². The number of rotatable bonds is 2. The van der Waals surface area contributed by atoms with Crippen molar-refractivity contribution in [2.75, 3.05) is 4.90 Å². The second-order valence-electron chi connectivity index (χ2n) is 8.87. The van der Waals surface area contributed by atoms with E-state index in [1.54, 1.807) is 0 Å². The molecule has 2 aromatic rings. The Balaban J connectivity index is 1.98. The maximum Gasteiger partial charge on any atom is 0.162 e. The number of ketones is 1. The van der Waals surface area contributed by atoms with Crippen LogP contribution < -0.4 is 10.6 Å². The number of benzene rings is 2. The average molecular weight is 462 g/mol. The van der Waals surface area contributed by atoms with Gasteiger partial charge in [-0.2, -0.15) is 5.26 Å². The van der Waals surface area contributed by atoms with Gasteiger partial charge in [0.15, 0.2) is 5.78 Å². The molecule has 0 saturated heterocycles. The molecule has 1 aliphatic heterocycles. The van der Waals surface area contributed by atoms with Crippen LogP contribution in [0.15, 0.2) is 75.7 Å². The molecule has 5 heteroatoms. The van der Waals surface area contributed by atoms with Crippen molar-refractivity contribution < 1.29 is 4.79 Å². The van der Waals surface area contributed by atoms with Crippen molar-refractivity contribution in [3.05, 3.63) is 86.8 Å². The maximum atomic E-state index is 13.4. The first-order valence-electron chi connectivity index (χ1n) is 10.00. The van der Waals surface area contributed by atoms with Gasteiger partial charge in [-0.3, -0.25) is 9.69 Å². The zero-order valence-corrected chi connectivity index (χ0v) is 19.0. The summed E-state index contributed by atoms with van der Waals surface area (Å²) < 4.78 is 0.948. The molecule has 0 radical (unpaired) electrons. The number of anilines is 1. The van der Waals surface area contributed by atoms with Crippen LogP contribution in [0, 0.1) is 23.7 Å². The quantitative estimate of drug-likeness (QED) is 0.622. The minimum Gasteiger partial charge on any atom is -0.384 e. The van der Waals surface area contributed by atoms with Gasteiger partial charge < -0.3 is 5.73 Å². The highest BCUT2D eigenvalue weighted by atomic mass is 79.9. The van der Waals surface area contributed by atoms with E-state index in [9.17, 15) is 10.1 Å². The lowest BCUT2D eigenvalue weighted by Crippen LogP contribution is -2.42. The van der Waals surface area contributed by atoms with Crippen molar-refractivity contribution in [3.63, 3.8) is 0 Å². The Labute approximate surface area is 185 Å². The number of nitriles is 1. The maximum absolute atomic E-state index is 13.4. The van der Waals surface area contributed by atoms with Gasteiger partial charge in [-0.05, 0) is 48.6 Å². The number of hydrogen-bond acceptors (Lipinski definition) is 4. The Bertz CT molecular complexity index is 1120. The predicted octanol–water partition coefficient (Wildman–Crippen LogP) is 5.70. The molecule has 2 aromatic carbocycles. The minimum absolute atomic E-state index is 0.0894. The second kappa shape index (κ2) is 7.45. The van der Waals surface area contributed by atoms with Crippen LogP contribution in [0.25, 0.3) is 0 Å². The number of nitrogens with zero attached hydrogens (tertiary/aromatic N) is 2. The van der Waals surface area contributed by atoms with E-state index in [0.717, 1.165) is 27.0 Å². The molecule has 4 nitrogen and oxygen atoms in total. The zero-order chi connectivity index (χ0) is 21.6. The van der Waals surface area contributed by atoms with Crippen molar-refractivity contribution >= 4 is 27.4 Å². The molecule has 30 heavy (non-hydrogen) atoms. The Morgan fingerprint density at radius 3 is 2.33 bits per heavy atom. The van der Waals surface area contributed by atoms with Gasteiger partial charge in [0.25, 0.3) is 0 Å². The fourth-order valence-corrected chi connectivity index (χ4v) is 4.75. The first kappa shape index (κ1) is 20.4. The summed E-state index contributed by atoms with van der Waals surface area (Å²) in [6.45, 7) is 6.24. The van der Waals surface area contributed by atoms with Crippen molar-refractivity contribution in [1.82, 2.24) is 0 Å².